The Balaban J connectivity index is 2.52. The Morgan fingerprint density at radius 2 is 2.45 bits per heavy atom. The molecule has 1 aliphatic heterocycles. The largest absolute Gasteiger partial charge is 0.415 e. The molecule has 1 heterocycles. The summed E-state index contributed by atoms with van der Waals surface area (Å²) in [5.74, 6) is 0.767. The predicted octanol–water partition coefficient (Wildman–Crippen LogP) is 1.75. The van der Waals surface area contributed by atoms with E-state index in [-0.39, 0.29) is 6.09 Å². The van der Waals surface area contributed by atoms with Crippen LogP contribution < -0.4 is 0 Å². The van der Waals surface area contributed by atoms with Gasteiger partial charge in [0.15, 0.2) is 0 Å². The average molecular weight is 155 g/mol. The van der Waals surface area contributed by atoms with Gasteiger partial charge in [-0.25, -0.2) is 4.79 Å². The number of ether oxygens (including phenoxy) is 1. The SMILES string of the molecule is C/C=C1\CN(CCC)C(=O)O1. The molecular weight excluding hydrogens is 142 g/mol. The maximum Gasteiger partial charge on any atom is 0.415 e. The first kappa shape index (κ1) is 8.11. The Kier molecular flexibility index (Phi) is 2.52. The Hall–Kier alpha value is -0.990. The van der Waals surface area contributed by atoms with E-state index in [1.807, 2.05) is 19.9 Å². The summed E-state index contributed by atoms with van der Waals surface area (Å²) in [4.78, 5) is 12.7. The van der Waals surface area contributed by atoms with Crippen molar-refractivity contribution in [2.24, 2.45) is 0 Å². The summed E-state index contributed by atoms with van der Waals surface area (Å²) in [6.07, 6.45) is 2.60. The third-order valence-electron chi connectivity index (χ3n) is 1.64. The van der Waals surface area contributed by atoms with Crippen LogP contribution in [0.15, 0.2) is 11.8 Å². The Labute approximate surface area is 66.6 Å². The molecule has 0 aliphatic carbocycles. The molecule has 1 amide bonds. The molecule has 3 nitrogen and oxygen atoms in total. The molecule has 0 saturated carbocycles. The van der Waals surface area contributed by atoms with Crippen LogP contribution in [-0.2, 0) is 4.74 Å². The molecule has 0 spiro atoms. The zero-order valence-electron chi connectivity index (χ0n) is 6.96. The Morgan fingerprint density at radius 1 is 1.73 bits per heavy atom. The van der Waals surface area contributed by atoms with Crippen LogP contribution in [0.1, 0.15) is 20.3 Å². The molecule has 1 fully saturated rings. The summed E-state index contributed by atoms with van der Waals surface area (Å²) >= 11 is 0. The molecule has 1 rings (SSSR count). The molecule has 0 aromatic rings. The fourth-order valence-corrected chi connectivity index (χ4v) is 1.05. The van der Waals surface area contributed by atoms with E-state index in [2.05, 4.69) is 0 Å². The molecule has 0 bridgehead atoms. The van der Waals surface area contributed by atoms with E-state index >= 15 is 0 Å². The smallest absolute Gasteiger partial charge is 0.413 e. The maximum absolute atomic E-state index is 11.0. The van der Waals surface area contributed by atoms with Gasteiger partial charge in [-0.1, -0.05) is 6.92 Å². The summed E-state index contributed by atoms with van der Waals surface area (Å²) in [5.41, 5.74) is 0. The monoisotopic (exact) mass is 155 g/mol. The predicted molar refractivity (Wildman–Crippen MR) is 42.1 cm³/mol. The van der Waals surface area contributed by atoms with E-state index in [9.17, 15) is 4.79 Å². The van der Waals surface area contributed by atoms with Crippen LogP contribution >= 0.6 is 0 Å². The molecule has 11 heavy (non-hydrogen) atoms. The van der Waals surface area contributed by atoms with Gasteiger partial charge in [-0.3, -0.25) is 0 Å². The zero-order chi connectivity index (χ0) is 8.27. The van der Waals surface area contributed by atoms with Crippen molar-refractivity contribution in [1.29, 1.82) is 0 Å². The molecule has 3 heteroatoms. The van der Waals surface area contributed by atoms with E-state index in [0.29, 0.717) is 6.54 Å². The topological polar surface area (TPSA) is 29.5 Å². The van der Waals surface area contributed by atoms with Crippen LogP contribution in [0.5, 0.6) is 0 Å². The van der Waals surface area contributed by atoms with Gasteiger partial charge in [0.2, 0.25) is 0 Å². The highest BCUT2D eigenvalue weighted by molar-refractivity contribution is 5.71. The summed E-state index contributed by atoms with van der Waals surface area (Å²) in [5, 5.41) is 0. The van der Waals surface area contributed by atoms with Gasteiger partial charge >= 0.3 is 6.09 Å². The summed E-state index contributed by atoms with van der Waals surface area (Å²) in [7, 11) is 0. The van der Waals surface area contributed by atoms with Gasteiger partial charge in [0.1, 0.15) is 5.76 Å². The third kappa shape index (κ3) is 1.73. The van der Waals surface area contributed by atoms with Crippen LogP contribution in [0.25, 0.3) is 0 Å². The molecule has 0 N–H and O–H groups in total. The number of rotatable bonds is 2. The highest BCUT2D eigenvalue weighted by Crippen LogP contribution is 2.13. The Morgan fingerprint density at radius 3 is 2.91 bits per heavy atom. The van der Waals surface area contributed by atoms with Crippen molar-refractivity contribution < 1.29 is 9.53 Å². The minimum absolute atomic E-state index is 0.208. The van der Waals surface area contributed by atoms with Crippen molar-refractivity contribution in [1.82, 2.24) is 4.90 Å². The summed E-state index contributed by atoms with van der Waals surface area (Å²) < 4.78 is 4.92. The zero-order valence-corrected chi connectivity index (χ0v) is 6.96. The van der Waals surface area contributed by atoms with Crippen LogP contribution in [0.4, 0.5) is 4.79 Å². The lowest BCUT2D eigenvalue weighted by Gasteiger charge is -2.08. The standard InChI is InChI=1S/C8H13NO2/c1-3-5-9-6-7(4-2)11-8(9)10/h4H,3,5-6H2,1-2H3/b7-4+. The third-order valence-corrected chi connectivity index (χ3v) is 1.64. The van der Waals surface area contributed by atoms with Crippen LogP contribution in [0.3, 0.4) is 0 Å². The highest BCUT2D eigenvalue weighted by atomic mass is 16.6. The molecule has 0 aromatic carbocycles. The molecule has 0 aromatic heterocycles. The van der Waals surface area contributed by atoms with Gasteiger partial charge in [-0.2, -0.15) is 0 Å². The number of nitrogens with zero attached hydrogens (tertiary/aromatic N) is 1. The van der Waals surface area contributed by atoms with Crippen molar-refractivity contribution in [3.8, 4) is 0 Å². The maximum atomic E-state index is 11.0. The number of cyclic esters (lactones) is 1. The van der Waals surface area contributed by atoms with E-state index in [0.717, 1.165) is 18.7 Å². The quantitative estimate of drug-likeness (QED) is 0.608. The van der Waals surface area contributed by atoms with E-state index < -0.39 is 0 Å². The molecule has 1 saturated heterocycles. The van der Waals surface area contributed by atoms with Gasteiger partial charge in [0.25, 0.3) is 0 Å². The first-order valence-corrected chi connectivity index (χ1v) is 3.90. The lowest BCUT2D eigenvalue weighted by Crippen LogP contribution is -2.24. The average Bonchev–Trinajstić information content (AvgIpc) is 2.33. The number of carbonyl (C=O) groups excluding carboxylic acids is 1. The van der Waals surface area contributed by atoms with Crippen LogP contribution in [0, 0.1) is 0 Å². The lowest BCUT2D eigenvalue weighted by atomic mass is 10.4. The second-order valence-corrected chi connectivity index (χ2v) is 2.54. The fourth-order valence-electron chi connectivity index (χ4n) is 1.05. The van der Waals surface area contributed by atoms with E-state index in [1.54, 1.807) is 4.90 Å². The summed E-state index contributed by atoms with van der Waals surface area (Å²) in [6.45, 7) is 5.35. The number of hydrogen-bond acceptors (Lipinski definition) is 2. The van der Waals surface area contributed by atoms with Crippen molar-refractivity contribution in [2.45, 2.75) is 20.3 Å². The van der Waals surface area contributed by atoms with E-state index in [4.69, 9.17) is 4.74 Å². The van der Waals surface area contributed by atoms with Crippen molar-refractivity contribution in [3.63, 3.8) is 0 Å². The van der Waals surface area contributed by atoms with Crippen LogP contribution in [0.2, 0.25) is 0 Å². The number of hydrogen-bond donors (Lipinski definition) is 0. The molecule has 0 radical (unpaired) electrons. The number of allylic oxidation sites excluding steroid dienone is 1. The fraction of sp³-hybridized carbons (Fsp3) is 0.625. The first-order valence-electron chi connectivity index (χ1n) is 3.90. The van der Waals surface area contributed by atoms with Crippen molar-refractivity contribution in [3.05, 3.63) is 11.8 Å². The van der Waals surface area contributed by atoms with Gasteiger partial charge in [-0.15, -0.1) is 0 Å². The van der Waals surface area contributed by atoms with Gasteiger partial charge < -0.3 is 9.64 Å². The Bertz CT molecular complexity index is 187. The first-order chi connectivity index (χ1) is 5.27. The molecule has 62 valence electrons. The van der Waals surface area contributed by atoms with E-state index in [1.165, 1.54) is 0 Å². The summed E-state index contributed by atoms with van der Waals surface area (Å²) in [6, 6.07) is 0. The number of carbonyl (C=O) groups is 1. The molecule has 1 aliphatic rings. The van der Waals surface area contributed by atoms with Gasteiger partial charge in [0.05, 0.1) is 6.54 Å². The normalized spacial score (nSPS) is 21.1. The molecular formula is C8H13NO2. The number of amides is 1. The van der Waals surface area contributed by atoms with Gasteiger partial charge in [0, 0.05) is 6.54 Å². The minimum atomic E-state index is -0.208. The lowest BCUT2D eigenvalue weighted by molar-refractivity contribution is 0.168. The van der Waals surface area contributed by atoms with Crippen LogP contribution in [-0.4, -0.2) is 24.1 Å². The van der Waals surface area contributed by atoms with Crippen molar-refractivity contribution >= 4 is 6.09 Å². The molecule has 0 atom stereocenters. The minimum Gasteiger partial charge on any atom is -0.413 e. The highest BCUT2D eigenvalue weighted by Gasteiger charge is 2.24. The molecule has 0 unspecified atom stereocenters. The van der Waals surface area contributed by atoms with Gasteiger partial charge in [-0.05, 0) is 19.4 Å². The second-order valence-electron chi connectivity index (χ2n) is 2.54. The van der Waals surface area contributed by atoms with Crippen molar-refractivity contribution in [2.75, 3.05) is 13.1 Å². The second kappa shape index (κ2) is 3.42.